The average Bonchev–Trinajstić information content (AvgIpc) is 3.04. The van der Waals surface area contributed by atoms with Crippen molar-refractivity contribution in [1.82, 2.24) is 4.90 Å². The van der Waals surface area contributed by atoms with E-state index in [0.29, 0.717) is 12.8 Å². The highest BCUT2D eigenvalue weighted by Gasteiger charge is 2.52. The number of carboxylic acids is 1. The van der Waals surface area contributed by atoms with Gasteiger partial charge in [0.15, 0.2) is 0 Å². The molecule has 1 heterocycles. The standard InChI is InChI=1S/C27H27F2NO4/c1-19(6-5-9-20-7-3-2-4-8-20)24(31)15-14-23-18-27(28,29)26(34)30(23)17-16-21-10-12-22(13-11-21)25(32)33/h2-4,7-8,10-15,19,23-24,31H,6,16-18H2,1H3,(H,32,33). The van der Waals surface area contributed by atoms with Crippen LogP contribution in [-0.2, 0) is 11.2 Å². The molecule has 0 spiro atoms. The van der Waals surface area contributed by atoms with Gasteiger partial charge in [-0.1, -0.05) is 61.2 Å². The van der Waals surface area contributed by atoms with Crippen LogP contribution < -0.4 is 0 Å². The van der Waals surface area contributed by atoms with Crippen LogP contribution in [0, 0.1) is 17.8 Å². The van der Waals surface area contributed by atoms with Gasteiger partial charge in [0, 0.05) is 24.9 Å². The Morgan fingerprint density at radius 2 is 1.88 bits per heavy atom. The Kier molecular flexibility index (Phi) is 8.19. The fourth-order valence-corrected chi connectivity index (χ4v) is 3.71. The van der Waals surface area contributed by atoms with Crippen molar-refractivity contribution in [2.45, 2.75) is 44.3 Å². The van der Waals surface area contributed by atoms with Gasteiger partial charge in [-0.2, -0.15) is 8.78 Å². The molecule has 0 bridgehead atoms. The summed E-state index contributed by atoms with van der Waals surface area (Å²) in [6.45, 7) is 1.88. The Morgan fingerprint density at radius 3 is 2.53 bits per heavy atom. The molecule has 1 aliphatic rings. The first-order valence-electron chi connectivity index (χ1n) is 11.1. The highest BCUT2D eigenvalue weighted by Crippen LogP contribution is 2.34. The van der Waals surface area contributed by atoms with E-state index in [0.717, 1.165) is 16.0 Å². The summed E-state index contributed by atoms with van der Waals surface area (Å²) in [5.41, 5.74) is 1.74. The van der Waals surface area contributed by atoms with Crippen LogP contribution >= 0.6 is 0 Å². The number of aromatic carboxylic acids is 1. The van der Waals surface area contributed by atoms with Gasteiger partial charge in [0.1, 0.15) is 0 Å². The van der Waals surface area contributed by atoms with E-state index in [-0.39, 0.29) is 18.0 Å². The number of halogens is 2. The molecule has 0 saturated carbocycles. The molecular formula is C27H27F2NO4. The normalized spacial score (nSPS) is 19.0. The molecule has 1 aliphatic heterocycles. The molecule has 1 fully saturated rings. The van der Waals surface area contributed by atoms with Gasteiger partial charge in [0.2, 0.25) is 0 Å². The van der Waals surface area contributed by atoms with Crippen molar-refractivity contribution in [2.75, 3.05) is 6.54 Å². The minimum Gasteiger partial charge on any atom is -0.478 e. The molecular weight excluding hydrogens is 440 g/mol. The van der Waals surface area contributed by atoms with Gasteiger partial charge in [0.25, 0.3) is 5.91 Å². The molecule has 2 N–H and O–H groups in total. The van der Waals surface area contributed by atoms with E-state index in [1.807, 2.05) is 37.3 Å². The summed E-state index contributed by atoms with van der Waals surface area (Å²) in [4.78, 5) is 24.3. The van der Waals surface area contributed by atoms with Gasteiger partial charge in [-0.15, -0.1) is 0 Å². The lowest BCUT2D eigenvalue weighted by molar-refractivity contribution is -0.148. The number of likely N-dealkylation sites (tertiary alicyclic amines) is 1. The number of aliphatic hydroxyl groups is 1. The molecule has 0 radical (unpaired) electrons. The third kappa shape index (κ3) is 6.52. The number of hydrogen-bond donors (Lipinski definition) is 2. The quantitative estimate of drug-likeness (QED) is 0.452. The van der Waals surface area contributed by atoms with Gasteiger partial charge in [-0.25, -0.2) is 4.79 Å². The summed E-state index contributed by atoms with van der Waals surface area (Å²) in [6.07, 6.45) is 2.13. The first-order valence-corrected chi connectivity index (χ1v) is 11.1. The lowest BCUT2D eigenvalue weighted by Crippen LogP contribution is -2.37. The van der Waals surface area contributed by atoms with E-state index < -0.39 is 36.4 Å². The highest BCUT2D eigenvalue weighted by atomic mass is 19.3. The molecule has 0 aliphatic carbocycles. The molecule has 2 aromatic carbocycles. The first-order chi connectivity index (χ1) is 16.2. The van der Waals surface area contributed by atoms with Crippen LogP contribution in [0.2, 0.25) is 0 Å². The third-order valence-corrected chi connectivity index (χ3v) is 5.83. The fraction of sp³-hybridized carbons (Fsp3) is 0.333. The average molecular weight is 468 g/mol. The van der Waals surface area contributed by atoms with Crippen LogP contribution in [0.1, 0.15) is 41.3 Å². The van der Waals surface area contributed by atoms with Crippen LogP contribution in [0.3, 0.4) is 0 Å². The monoisotopic (exact) mass is 467 g/mol. The summed E-state index contributed by atoms with van der Waals surface area (Å²) in [7, 11) is 0. The van der Waals surface area contributed by atoms with Gasteiger partial charge in [-0.05, 0) is 42.2 Å². The van der Waals surface area contributed by atoms with E-state index in [2.05, 4.69) is 11.8 Å². The summed E-state index contributed by atoms with van der Waals surface area (Å²) < 4.78 is 28.3. The van der Waals surface area contributed by atoms with Crippen LogP contribution in [0.4, 0.5) is 8.78 Å². The molecule has 3 rings (SSSR count). The van der Waals surface area contributed by atoms with Gasteiger partial charge >= 0.3 is 11.9 Å². The Hall–Kier alpha value is -3.50. The van der Waals surface area contributed by atoms with Gasteiger partial charge in [0.05, 0.1) is 17.7 Å². The maximum absolute atomic E-state index is 14.1. The first kappa shape index (κ1) is 25.1. The maximum atomic E-state index is 14.1. The molecule has 0 aromatic heterocycles. The number of nitrogens with zero attached hydrogens (tertiary/aromatic N) is 1. The second kappa shape index (κ2) is 11.1. The van der Waals surface area contributed by atoms with E-state index >= 15 is 0 Å². The third-order valence-electron chi connectivity index (χ3n) is 5.83. The molecule has 1 saturated heterocycles. The smallest absolute Gasteiger partial charge is 0.335 e. The Balaban J connectivity index is 1.60. The Bertz CT molecular complexity index is 1090. The number of carbonyl (C=O) groups is 2. The van der Waals surface area contributed by atoms with Crippen molar-refractivity contribution in [2.24, 2.45) is 5.92 Å². The maximum Gasteiger partial charge on any atom is 0.335 e. The van der Waals surface area contributed by atoms with Crippen molar-refractivity contribution in [3.63, 3.8) is 0 Å². The zero-order valence-corrected chi connectivity index (χ0v) is 18.8. The number of amides is 1. The summed E-state index contributed by atoms with van der Waals surface area (Å²) in [6, 6.07) is 14.7. The number of alkyl halides is 2. The fourth-order valence-electron chi connectivity index (χ4n) is 3.71. The molecule has 178 valence electrons. The van der Waals surface area contributed by atoms with Gasteiger partial charge in [-0.3, -0.25) is 4.79 Å². The predicted molar refractivity (Wildman–Crippen MR) is 124 cm³/mol. The van der Waals surface area contributed by atoms with Crippen molar-refractivity contribution in [1.29, 1.82) is 0 Å². The number of aliphatic hydroxyl groups excluding tert-OH is 1. The van der Waals surface area contributed by atoms with E-state index in [1.165, 1.54) is 24.3 Å². The minimum absolute atomic E-state index is 0.0596. The van der Waals surface area contributed by atoms with Crippen molar-refractivity contribution in [3.05, 3.63) is 83.4 Å². The molecule has 3 unspecified atom stereocenters. The van der Waals surface area contributed by atoms with E-state index in [9.17, 15) is 23.5 Å². The van der Waals surface area contributed by atoms with Crippen molar-refractivity contribution < 1.29 is 28.6 Å². The van der Waals surface area contributed by atoms with Crippen LogP contribution in [-0.4, -0.2) is 51.6 Å². The molecule has 5 nitrogen and oxygen atoms in total. The van der Waals surface area contributed by atoms with Crippen LogP contribution in [0.15, 0.2) is 66.7 Å². The molecule has 34 heavy (non-hydrogen) atoms. The summed E-state index contributed by atoms with van der Waals surface area (Å²) in [5.74, 6) is 0.0854. The number of rotatable bonds is 8. The lowest BCUT2D eigenvalue weighted by atomic mass is 9.99. The Morgan fingerprint density at radius 1 is 1.21 bits per heavy atom. The zero-order valence-electron chi connectivity index (χ0n) is 18.8. The molecule has 3 atom stereocenters. The second-order valence-electron chi connectivity index (χ2n) is 8.45. The number of carboxylic acid groups (broad SMARTS) is 1. The van der Waals surface area contributed by atoms with Crippen molar-refractivity contribution in [3.8, 4) is 11.8 Å². The lowest BCUT2D eigenvalue weighted by Gasteiger charge is -2.22. The highest BCUT2D eigenvalue weighted by molar-refractivity contribution is 5.87. The number of benzene rings is 2. The summed E-state index contributed by atoms with van der Waals surface area (Å²) in [5, 5.41) is 19.4. The minimum atomic E-state index is -3.46. The van der Waals surface area contributed by atoms with Crippen LogP contribution in [0.5, 0.6) is 0 Å². The zero-order chi connectivity index (χ0) is 24.7. The second-order valence-corrected chi connectivity index (χ2v) is 8.45. The number of hydrogen-bond acceptors (Lipinski definition) is 3. The van der Waals surface area contributed by atoms with Crippen LogP contribution in [0.25, 0.3) is 0 Å². The topological polar surface area (TPSA) is 77.8 Å². The van der Waals surface area contributed by atoms with Crippen molar-refractivity contribution >= 4 is 11.9 Å². The largest absolute Gasteiger partial charge is 0.478 e. The SMILES string of the molecule is CC(CC#Cc1ccccc1)C(O)C=CC1CC(F)(F)C(=O)N1CCc1ccc(C(=O)O)cc1. The predicted octanol–water partition coefficient (Wildman–Crippen LogP) is 4.16. The molecule has 2 aromatic rings. The van der Waals surface area contributed by atoms with E-state index in [4.69, 9.17) is 5.11 Å². The van der Waals surface area contributed by atoms with E-state index in [1.54, 1.807) is 12.1 Å². The molecule has 7 heteroatoms. The Labute approximate surface area is 197 Å². The summed E-state index contributed by atoms with van der Waals surface area (Å²) >= 11 is 0. The number of carbonyl (C=O) groups excluding carboxylic acids is 1. The molecule has 1 amide bonds. The van der Waals surface area contributed by atoms with Gasteiger partial charge < -0.3 is 15.1 Å².